The fraction of sp³-hybridized carbons (Fsp3) is 0.300. The van der Waals surface area contributed by atoms with Gasteiger partial charge in [0.25, 0.3) is 0 Å². The predicted octanol–water partition coefficient (Wildman–Crippen LogP) is 3.04. The van der Waals surface area contributed by atoms with E-state index in [1.165, 1.54) is 10.8 Å². The van der Waals surface area contributed by atoms with E-state index in [0.29, 0.717) is 0 Å². The highest BCUT2D eigenvalue weighted by molar-refractivity contribution is 5.86. The van der Waals surface area contributed by atoms with Crippen molar-refractivity contribution in [1.82, 2.24) is 14.9 Å². The fourth-order valence-corrected chi connectivity index (χ4v) is 3.08. The quantitative estimate of drug-likeness (QED) is 0.777. The van der Waals surface area contributed by atoms with Gasteiger partial charge in [0, 0.05) is 31.7 Å². The lowest BCUT2D eigenvalue weighted by Gasteiger charge is -2.26. The maximum Gasteiger partial charge on any atom is 0.144 e. The molecule has 128 valence electrons. The van der Waals surface area contributed by atoms with Crippen molar-refractivity contribution in [3.8, 4) is 11.3 Å². The molecule has 0 spiro atoms. The van der Waals surface area contributed by atoms with Crippen molar-refractivity contribution in [3.63, 3.8) is 0 Å². The molecule has 1 fully saturated rings. The SMILES string of the molecule is c1ccc2cc(-c3cnc(NCCN4CCOCC4)cn3)ccc2c1. The number of fused-ring (bicyclic) bond motifs is 1. The minimum absolute atomic E-state index is 0.817. The third-order valence-corrected chi connectivity index (χ3v) is 4.53. The van der Waals surface area contributed by atoms with E-state index in [9.17, 15) is 0 Å². The number of nitrogens with zero attached hydrogens (tertiary/aromatic N) is 3. The molecule has 0 radical (unpaired) electrons. The Balaban J connectivity index is 1.38. The summed E-state index contributed by atoms with van der Waals surface area (Å²) < 4.78 is 5.36. The molecular formula is C20H22N4O. The maximum absolute atomic E-state index is 5.36. The van der Waals surface area contributed by atoms with Crippen LogP contribution in [-0.2, 0) is 4.74 Å². The van der Waals surface area contributed by atoms with Crippen molar-refractivity contribution < 1.29 is 4.74 Å². The Kier molecular flexibility index (Phi) is 4.86. The van der Waals surface area contributed by atoms with E-state index >= 15 is 0 Å². The molecule has 1 aromatic heterocycles. The average molecular weight is 334 g/mol. The van der Waals surface area contributed by atoms with Gasteiger partial charge in [-0.2, -0.15) is 0 Å². The van der Waals surface area contributed by atoms with Gasteiger partial charge in [0.1, 0.15) is 5.82 Å². The highest BCUT2D eigenvalue weighted by Gasteiger charge is 2.09. The number of anilines is 1. The number of morpholine rings is 1. The van der Waals surface area contributed by atoms with Crippen molar-refractivity contribution in [2.45, 2.75) is 0 Å². The smallest absolute Gasteiger partial charge is 0.144 e. The Bertz CT molecular complexity index is 828. The van der Waals surface area contributed by atoms with Crippen molar-refractivity contribution in [1.29, 1.82) is 0 Å². The summed E-state index contributed by atoms with van der Waals surface area (Å²) in [6.45, 7) is 5.55. The molecule has 1 N–H and O–H groups in total. The second-order valence-corrected chi connectivity index (χ2v) is 6.23. The van der Waals surface area contributed by atoms with Gasteiger partial charge in [-0.1, -0.05) is 36.4 Å². The third-order valence-electron chi connectivity index (χ3n) is 4.53. The van der Waals surface area contributed by atoms with Gasteiger partial charge in [-0.3, -0.25) is 9.88 Å². The minimum Gasteiger partial charge on any atom is -0.379 e. The van der Waals surface area contributed by atoms with Crippen LogP contribution in [-0.4, -0.2) is 54.3 Å². The first kappa shape index (κ1) is 16.0. The molecule has 0 amide bonds. The van der Waals surface area contributed by atoms with E-state index in [-0.39, 0.29) is 0 Å². The normalized spacial score (nSPS) is 15.4. The average Bonchev–Trinajstić information content (AvgIpc) is 2.69. The fourth-order valence-electron chi connectivity index (χ4n) is 3.08. The van der Waals surface area contributed by atoms with Gasteiger partial charge in [-0.25, -0.2) is 4.98 Å². The van der Waals surface area contributed by atoms with Crippen LogP contribution in [0.3, 0.4) is 0 Å². The van der Waals surface area contributed by atoms with E-state index in [0.717, 1.165) is 56.5 Å². The first-order valence-corrected chi connectivity index (χ1v) is 8.74. The molecule has 0 bridgehead atoms. The summed E-state index contributed by atoms with van der Waals surface area (Å²) >= 11 is 0. The first-order valence-electron chi connectivity index (χ1n) is 8.74. The Hall–Kier alpha value is -2.50. The highest BCUT2D eigenvalue weighted by Crippen LogP contribution is 2.22. The molecule has 2 aromatic carbocycles. The molecule has 1 aliphatic rings. The summed E-state index contributed by atoms with van der Waals surface area (Å²) in [5.74, 6) is 0.817. The Labute approximate surface area is 147 Å². The highest BCUT2D eigenvalue weighted by atomic mass is 16.5. The molecule has 2 heterocycles. The first-order chi connectivity index (χ1) is 12.4. The number of ether oxygens (including phenoxy) is 1. The molecule has 5 heteroatoms. The van der Waals surface area contributed by atoms with Crippen molar-refractivity contribution >= 4 is 16.6 Å². The van der Waals surface area contributed by atoms with Crippen LogP contribution in [0.25, 0.3) is 22.0 Å². The maximum atomic E-state index is 5.36. The van der Waals surface area contributed by atoms with Crippen LogP contribution < -0.4 is 5.32 Å². The van der Waals surface area contributed by atoms with E-state index < -0.39 is 0 Å². The van der Waals surface area contributed by atoms with Crippen LogP contribution in [0.15, 0.2) is 54.9 Å². The summed E-state index contributed by atoms with van der Waals surface area (Å²) in [6, 6.07) is 14.7. The van der Waals surface area contributed by atoms with Gasteiger partial charge < -0.3 is 10.1 Å². The number of aromatic nitrogens is 2. The number of hydrogen-bond donors (Lipinski definition) is 1. The van der Waals surface area contributed by atoms with E-state index in [2.05, 4.69) is 62.6 Å². The van der Waals surface area contributed by atoms with Crippen molar-refractivity contribution in [3.05, 3.63) is 54.9 Å². The third kappa shape index (κ3) is 3.95. The number of hydrogen-bond acceptors (Lipinski definition) is 5. The Morgan fingerprint density at radius 1 is 0.960 bits per heavy atom. The zero-order chi connectivity index (χ0) is 16.9. The number of rotatable bonds is 5. The summed E-state index contributed by atoms with van der Waals surface area (Å²) in [6.07, 6.45) is 3.64. The zero-order valence-electron chi connectivity index (χ0n) is 14.2. The lowest BCUT2D eigenvalue weighted by atomic mass is 10.1. The molecule has 1 aliphatic heterocycles. The topological polar surface area (TPSA) is 50.3 Å². The number of benzene rings is 2. The van der Waals surface area contributed by atoms with Crippen molar-refractivity contribution in [2.75, 3.05) is 44.7 Å². The van der Waals surface area contributed by atoms with Gasteiger partial charge in [-0.15, -0.1) is 0 Å². The lowest BCUT2D eigenvalue weighted by molar-refractivity contribution is 0.0398. The molecule has 1 saturated heterocycles. The van der Waals surface area contributed by atoms with Crippen LogP contribution in [0.2, 0.25) is 0 Å². The van der Waals surface area contributed by atoms with Gasteiger partial charge in [0.15, 0.2) is 0 Å². The monoisotopic (exact) mass is 334 g/mol. The van der Waals surface area contributed by atoms with Gasteiger partial charge >= 0.3 is 0 Å². The zero-order valence-corrected chi connectivity index (χ0v) is 14.2. The van der Waals surface area contributed by atoms with Crippen LogP contribution in [0.1, 0.15) is 0 Å². The van der Waals surface area contributed by atoms with E-state index in [4.69, 9.17) is 4.74 Å². The van der Waals surface area contributed by atoms with E-state index in [1.54, 1.807) is 0 Å². The summed E-state index contributed by atoms with van der Waals surface area (Å²) in [4.78, 5) is 11.5. The molecule has 3 aromatic rings. The lowest BCUT2D eigenvalue weighted by Crippen LogP contribution is -2.39. The second kappa shape index (κ2) is 7.59. The molecule has 4 rings (SSSR count). The summed E-state index contributed by atoms with van der Waals surface area (Å²) in [5, 5.41) is 5.80. The minimum atomic E-state index is 0.817. The number of nitrogens with one attached hydrogen (secondary N) is 1. The van der Waals surface area contributed by atoms with Crippen LogP contribution in [0.5, 0.6) is 0 Å². The van der Waals surface area contributed by atoms with Gasteiger partial charge in [0.05, 0.1) is 31.3 Å². The molecule has 0 saturated carbocycles. The molecule has 5 nitrogen and oxygen atoms in total. The Morgan fingerprint density at radius 3 is 2.60 bits per heavy atom. The summed E-state index contributed by atoms with van der Waals surface area (Å²) in [7, 11) is 0. The molecule has 0 unspecified atom stereocenters. The van der Waals surface area contributed by atoms with Crippen LogP contribution in [0.4, 0.5) is 5.82 Å². The van der Waals surface area contributed by atoms with Crippen molar-refractivity contribution in [2.24, 2.45) is 0 Å². The standard InChI is InChI=1S/C20H22N4O/c1-2-4-17-13-18(6-5-16(17)3-1)19-14-23-20(15-22-19)21-7-8-24-9-11-25-12-10-24/h1-6,13-15H,7-12H2,(H,21,23). The van der Waals surface area contributed by atoms with Crippen LogP contribution >= 0.6 is 0 Å². The van der Waals surface area contributed by atoms with Gasteiger partial charge in [-0.05, 0) is 16.8 Å². The summed E-state index contributed by atoms with van der Waals surface area (Å²) in [5.41, 5.74) is 1.98. The largest absolute Gasteiger partial charge is 0.379 e. The van der Waals surface area contributed by atoms with Gasteiger partial charge in [0.2, 0.25) is 0 Å². The second-order valence-electron chi connectivity index (χ2n) is 6.23. The molecule has 25 heavy (non-hydrogen) atoms. The predicted molar refractivity (Wildman–Crippen MR) is 101 cm³/mol. The molecular weight excluding hydrogens is 312 g/mol. The Morgan fingerprint density at radius 2 is 1.80 bits per heavy atom. The molecule has 0 aliphatic carbocycles. The molecule has 0 atom stereocenters. The van der Waals surface area contributed by atoms with Crippen LogP contribution in [0, 0.1) is 0 Å². The van der Waals surface area contributed by atoms with E-state index in [1.807, 2.05) is 12.4 Å².